The highest BCUT2D eigenvalue weighted by Crippen LogP contribution is 2.28. The van der Waals surface area contributed by atoms with Crippen LogP contribution in [0.2, 0.25) is 0 Å². The molecule has 1 aromatic rings. The Kier molecular flexibility index (Phi) is 3.87. The number of rotatable bonds is 3. The lowest BCUT2D eigenvalue weighted by Gasteiger charge is -2.17. The summed E-state index contributed by atoms with van der Waals surface area (Å²) in [5, 5.41) is 0. The van der Waals surface area contributed by atoms with Crippen molar-refractivity contribution in [3.63, 3.8) is 0 Å². The average molecular weight is 289 g/mol. The molecule has 0 aromatic heterocycles. The average Bonchev–Trinajstić information content (AvgIpc) is 2.63. The van der Waals surface area contributed by atoms with Gasteiger partial charge >= 0.3 is 0 Å². The van der Waals surface area contributed by atoms with Gasteiger partial charge in [0.1, 0.15) is 11.9 Å². The Morgan fingerprint density at radius 3 is 2.39 bits per heavy atom. The van der Waals surface area contributed by atoms with E-state index < -0.39 is 9.84 Å². The lowest BCUT2D eigenvalue weighted by atomic mass is 10.1. The minimum Gasteiger partial charge on any atom is -0.489 e. The molecule has 1 aromatic carbocycles. The summed E-state index contributed by atoms with van der Waals surface area (Å²) < 4.78 is 28.7. The van der Waals surface area contributed by atoms with E-state index in [1.807, 2.05) is 26.0 Å². The number of aryl methyl sites for hydroxylation is 2. The van der Waals surface area contributed by atoms with Gasteiger partial charge in [0.25, 0.3) is 0 Å². The van der Waals surface area contributed by atoms with Gasteiger partial charge in [0.05, 0.1) is 11.5 Å². The first-order valence-electron chi connectivity index (χ1n) is 5.94. The van der Waals surface area contributed by atoms with E-state index in [1.165, 1.54) is 0 Å². The minimum absolute atomic E-state index is 0.128. The molecule has 2 rings (SSSR count). The van der Waals surface area contributed by atoms with Crippen LogP contribution in [0.1, 0.15) is 23.1 Å². The largest absolute Gasteiger partial charge is 0.489 e. The first-order chi connectivity index (χ1) is 8.41. The fourth-order valence-electron chi connectivity index (χ4n) is 2.32. The molecule has 1 saturated heterocycles. The van der Waals surface area contributed by atoms with Gasteiger partial charge < -0.3 is 4.74 Å². The van der Waals surface area contributed by atoms with Crippen LogP contribution in [0.3, 0.4) is 0 Å². The van der Waals surface area contributed by atoms with Gasteiger partial charge in [-0.1, -0.05) is 12.1 Å². The Hall–Kier alpha value is -0.740. The summed E-state index contributed by atoms with van der Waals surface area (Å²) in [7, 11) is -2.90. The third kappa shape index (κ3) is 2.98. The predicted octanol–water partition coefficient (Wildman–Crippen LogP) is 2.61. The van der Waals surface area contributed by atoms with Gasteiger partial charge in [0.2, 0.25) is 0 Å². The summed E-state index contributed by atoms with van der Waals surface area (Å²) in [6.07, 6.45) is 0.368. The van der Waals surface area contributed by atoms with E-state index in [0.29, 0.717) is 12.3 Å². The number of sulfone groups is 1. The van der Waals surface area contributed by atoms with Crippen LogP contribution in [-0.4, -0.2) is 26.0 Å². The molecule has 1 heterocycles. The second kappa shape index (κ2) is 5.10. The number of hydrogen-bond donors (Lipinski definition) is 0. The lowest BCUT2D eigenvalue weighted by Crippen LogP contribution is -2.18. The van der Waals surface area contributed by atoms with E-state index in [9.17, 15) is 8.42 Å². The molecule has 0 spiro atoms. The first kappa shape index (κ1) is 13.7. The molecule has 0 amide bonds. The Morgan fingerprint density at radius 2 is 1.94 bits per heavy atom. The van der Waals surface area contributed by atoms with Crippen molar-refractivity contribution in [1.82, 2.24) is 0 Å². The van der Waals surface area contributed by atoms with Crippen LogP contribution in [0, 0.1) is 13.8 Å². The predicted molar refractivity (Wildman–Crippen MR) is 73.2 cm³/mol. The van der Waals surface area contributed by atoms with Crippen LogP contribution in [-0.2, 0) is 15.7 Å². The monoisotopic (exact) mass is 288 g/mol. The first-order valence-corrected chi connectivity index (χ1v) is 8.30. The SMILES string of the molecule is Cc1cc(CCl)cc(C)c1OC1CCS(=O)(=O)C1. The highest BCUT2D eigenvalue weighted by Gasteiger charge is 2.30. The van der Waals surface area contributed by atoms with E-state index in [2.05, 4.69) is 0 Å². The van der Waals surface area contributed by atoms with Crippen molar-refractivity contribution in [2.45, 2.75) is 32.3 Å². The zero-order valence-corrected chi connectivity index (χ0v) is 12.1. The van der Waals surface area contributed by atoms with Gasteiger partial charge in [-0.05, 0) is 37.0 Å². The molecule has 1 aliphatic rings. The second-order valence-corrected chi connectivity index (χ2v) is 7.33. The van der Waals surface area contributed by atoms with Crippen molar-refractivity contribution in [2.24, 2.45) is 0 Å². The molecule has 0 saturated carbocycles. The molecule has 100 valence electrons. The molecule has 0 N–H and O–H groups in total. The third-order valence-electron chi connectivity index (χ3n) is 3.15. The summed E-state index contributed by atoms with van der Waals surface area (Å²) >= 11 is 5.81. The van der Waals surface area contributed by atoms with Crippen molar-refractivity contribution in [2.75, 3.05) is 11.5 Å². The summed E-state index contributed by atoms with van der Waals surface area (Å²) in [6, 6.07) is 3.97. The van der Waals surface area contributed by atoms with Crippen LogP contribution >= 0.6 is 11.6 Å². The van der Waals surface area contributed by atoms with Crippen LogP contribution < -0.4 is 4.74 Å². The molecule has 0 radical (unpaired) electrons. The molecule has 1 fully saturated rings. The van der Waals surface area contributed by atoms with Gasteiger partial charge in [-0.3, -0.25) is 0 Å². The fraction of sp³-hybridized carbons (Fsp3) is 0.538. The molecule has 1 unspecified atom stereocenters. The summed E-state index contributed by atoms with van der Waals surface area (Å²) in [5.41, 5.74) is 3.07. The van der Waals surface area contributed by atoms with Crippen LogP contribution in [0.4, 0.5) is 0 Å². The third-order valence-corrected chi connectivity index (χ3v) is 5.20. The summed E-state index contributed by atoms with van der Waals surface area (Å²) in [6.45, 7) is 3.92. The Labute approximate surface area is 113 Å². The van der Waals surface area contributed by atoms with E-state index >= 15 is 0 Å². The zero-order chi connectivity index (χ0) is 13.3. The van der Waals surface area contributed by atoms with Crippen molar-refractivity contribution < 1.29 is 13.2 Å². The summed E-state index contributed by atoms with van der Waals surface area (Å²) in [4.78, 5) is 0. The van der Waals surface area contributed by atoms with Gasteiger partial charge in [-0.2, -0.15) is 0 Å². The molecule has 1 atom stereocenters. The number of ether oxygens (including phenoxy) is 1. The standard InChI is InChI=1S/C13H17ClO3S/c1-9-5-11(7-14)6-10(2)13(9)17-12-3-4-18(15,16)8-12/h5-6,12H,3-4,7-8H2,1-2H3. The molecule has 5 heteroatoms. The smallest absolute Gasteiger partial charge is 0.154 e. The van der Waals surface area contributed by atoms with Gasteiger partial charge in [0.15, 0.2) is 9.84 Å². The van der Waals surface area contributed by atoms with Crippen molar-refractivity contribution in [3.05, 3.63) is 28.8 Å². The quantitative estimate of drug-likeness (QED) is 0.803. The van der Waals surface area contributed by atoms with E-state index in [4.69, 9.17) is 16.3 Å². The number of alkyl halides is 1. The molecule has 0 bridgehead atoms. The maximum atomic E-state index is 11.4. The number of hydrogen-bond acceptors (Lipinski definition) is 3. The highest BCUT2D eigenvalue weighted by atomic mass is 35.5. The van der Waals surface area contributed by atoms with Gasteiger partial charge in [-0.25, -0.2) is 8.42 Å². The normalized spacial score (nSPS) is 22.1. The molecular weight excluding hydrogens is 272 g/mol. The van der Waals surface area contributed by atoms with E-state index in [-0.39, 0.29) is 17.6 Å². The molecule has 1 aliphatic heterocycles. The van der Waals surface area contributed by atoms with Crippen LogP contribution in [0.15, 0.2) is 12.1 Å². The Morgan fingerprint density at radius 1 is 1.33 bits per heavy atom. The second-order valence-electron chi connectivity index (χ2n) is 4.84. The van der Waals surface area contributed by atoms with Crippen molar-refractivity contribution in [1.29, 1.82) is 0 Å². The highest BCUT2D eigenvalue weighted by molar-refractivity contribution is 7.91. The zero-order valence-electron chi connectivity index (χ0n) is 10.6. The van der Waals surface area contributed by atoms with Crippen molar-refractivity contribution in [3.8, 4) is 5.75 Å². The van der Waals surface area contributed by atoms with Gasteiger partial charge in [0, 0.05) is 5.88 Å². The maximum Gasteiger partial charge on any atom is 0.154 e. The molecule has 18 heavy (non-hydrogen) atoms. The van der Waals surface area contributed by atoms with E-state index in [0.717, 1.165) is 22.4 Å². The number of benzene rings is 1. The molecule has 3 nitrogen and oxygen atoms in total. The maximum absolute atomic E-state index is 11.4. The van der Waals surface area contributed by atoms with Crippen LogP contribution in [0.25, 0.3) is 0 Å². The molecular formula is C13H17ClO3S. The topological polar surface area (TPSA) is 43.4 Å². The Balaban J connectivity index is 2.20. The Bertz CT molecular complexity index is 528. The van der Waals surface area contributed by atoms with Gasteiger partial charge in [-0.15, -0.1) is 11.6 Å². The molecule has 0 aliphatic carbocycles. The van der Waals surface area contributed by atoms with Crippen molar-refractivity contribution >= 4 is 21.4 Å². The van der Waals surface area contributed by atoms with Crippen LogP contribution in [0.5, 0.6) is 5.75 Å². The van der Waals surface area contributed by atoms with E-state index in [1.54, 1.807) is 0 Å². The number of halogens is 1. The minimum atomic E-state index is -2.90. The summed E-state index contributed by atoms with van der Waals surface area (Å²) in [5.74, 6) is 1.63. The lowest BCUT2D eigenvalue weighted by molar-refractivity contribution is 0.226. The fourth-order valence-corrected chi connectivity index (χ4v) is 4.07.